The number of nitrogens with one attached hydrogen (secondary N) is 1. The lowest BCUT2D eigenvalue weighted by Crippen LogP contribution is -2.47. The summed E-state index contributed by atoms with van der Waals surface area (Å²) in [7, 11) is 1.63. The summed E-state index contributed by atoms with van der Waals surface area (Å²) in [6.45, 7) is 3.53. The molecule has 1 atom stereocenters. The molecule has 0 aliphatic carbocycles. The van der Waals surface area contributed by atoms with Crippen molar-refractivity contribution in [3.8, 4) is 5.75 Å². The molecule has 2 N–H and O–H groups in total. The maximum atomic E-state index is 12.5. The van der Waals surface area contributed by atoms with Crippen molar-refractivity contribution in [2.75, 3.05) is 33.3 Å². The zero-order valence-electron chi connectivity index (χ0n) is 18.9. The van der Waals surface area contributed by atoms with E-state index < -0.39 is 11.7 Å². The van der Waals surface area contributed by atoms with Gasteiger partial charge >= 0.3 is 12.2 Å². The molecule has 4 rings (SSSR count). The average molecular weight is 454 g/mol. The third-order valence-electron chi connectivity index (χ3n) is 6.57. The summed E-state index contributed by atoms with van der Waals surface area (Å²) in [5.41, 5.74) is 1.57. The number of nitrogens with zero attached hydrogens (tertiary/aromatic N) is 2. The van der Waals surface area contributed by atoms with E-state index in [1.807, 2.05) is 54.6 Å². The summed E-state index contributed by atoms with van der Waals surface area (Å²) in [4.78, 5) is 27.9. The number of hydrogen-bond acceptors (Lipinski definition) is 5. The molecule has 0 unspecified atom stereocenters. The van der Waals surface area contributed by atoms with Crippen molar-refractivity contribution >= 4 is 12.2 Å². The molecule has 2 aliphatic heterocycles. The highest BCUT2D eigenvalue weighted by molar-refractivity contribution is 5.70. The zero-order valence-corrected chi connectivity index (χ0v) is 18.9. The van der Waals surface area contributed by atoms with Crippen LogP contribution in [0.15, 0.2) is 54.6 Å². The largest absolute Gasteiger partial charge is 0.497 e. The Labute approximate surface area is 194 Å². The Kier molecular flexibility index (Phi) is 7.03. The summed E-state index contributed by atoms with van der Waals surface area (Å²) >= 11 is 0. The van der Waals surface area contributed by atoms with Crippen LogP contribution in [0.25, 0.3) is 0 Å². The Morgan fingerprint density at radius 1 is 1.15 bits per heavy atom. The van der Waals surface area contributed by atoms with Gasteiger partial charge in [0, 0.05) is 39.0 Å². The van der Waals surface area contributed by atoms with Crippen LogP contribution in [-0.2, 0) is 11.3 Å². The van der Waals surface area contributed by atoms with Crippen LogP contribution in [0.4, 0.5) is 9.59 Å². The molecule has 8 heteroatoms. The number of amides is 2. The van der Waals surface area contributed by atoms with E-state index in [1.54, 1.807) is 12.0 Å². The van der Waals surface area contributed by atoms with Gasteiger partial charge in [-0.25, -0.2) is 9.59 Å². The van der Waals surface area contributed by atoms with Crippen LogP contribution in [0.3, 0.4) is 0 Å². The molecule has 0 bridgehead atoms. The highest BCUT2D eigenvalue weighted by atomic mass is 16.6. The van der Waals surface area contributed by atoms with Gasteiger partial charge in [-0.2, -0.15) is 0 Å². The second-order valence-corrected chi connectivity index (χ2v) is 8.80. The van der Waals surface area contributed by atoms with Crippen molar-refractivity contribution in [1.29, 1.82) is 0 Å². The lowest BCUT2D eigenvalue weighted by molar-refractivity contribution is 0.0000458. The number of ether oxygens (including phenoxy) is 2. The summed E-state index contributed by atoms with van der Waals surface area (Å²) in [5.74, 6) is 0.791. The molecular weight excluding hydrogens is 422 g/mol. The number of rotatable bonds is 8. The van der Waals surface area contributed by atoms with Gasteiger partial charge in [0.1, 0.15) is 11.4 Å². The van der Waals surface area contributed by atoms with Crippen LogP contribution in [-0.4, -0.2) is 66.0 Å². The normalized spacial score (nSPS) is 18.7. The van der Waals surface area contributed by atoms with Gasteiger partial charge in [0.05, 0.1) is 19.7 Å². The van der Waals surface area contributed by atoms with Crippen LogP contribution < -0.4 is 10.1 Å². The first-order valence-corrected chi connectivity index (χ1v) is 11.3. The van der Waals surface area contributed by atoms with E-state index in [0.717, 1.165) is 49.4 Å². The molecule has 2 fully saturated rings. The lowest BCUT2D eigenvalue weighted by Gasteiger charge is -2.37. The van der Waals surface area contributed by atoms with Gasteiger partial charge in [-0.3, -0.25) is 4.90 Å². The number of methoxy groups -OCH3 is 1. The van der Waals surface area contributed by atoms with E-state index in [4.69, 9.17) is 9.47 Å². The van der Waals surface area contributed by atoms with Gasteiger partial charge in [-0.05, 0) is 29.7 Å². The van der Waals surface area contributed by atoms with Crippen LogP contribution in [0, 0.1) is 0 Å². The SMILES string of the molecule is COc1ccc(CN2CC3(CCN(CC[C@H](NC(=O)O)c4ccccc4)CC3)OC2=O)cc1. The summed E-state index contributed by atoms with van der Waals surface area (Å²) in [5, 5.41) is 11.9. The summed E-state index contributed by atoms with van der Waals surface area (Å²) in [6, 6.07) is 17.1. The van der Waals surface area contributed by atoms with Gasteiger partial charge in [0.15, 0.2) is 0 Å². The minimum absolute atomic E-state index is 0.246. The Morgan fingerprint density at radius 3 is 2.48 bits per heavy atom. The molecule has 1 spiro atoms. The fraction of sp³-hybridized carbons (Fsp3) is 0.440. The molecule has 0 saturated carbocycles. The van der Waals surface area contributed by atoms with Crippen LogP contribution in [0.1, 0.15) is 36.4 Å². The number of piperidine rings is 1. The number of carboxylic acid groups (broad SMARTS) is 1. The van der Waals surface area contributed by atoms with E-state index in [1.165, 1.54) is 0 Å². The predicted molar refractivity (Wildman–Crippen MR) is 123 cm³/mol. The number of carbonyl (C=O) groups is 2. The molecule has 2 aliphatic rings. The van der Waals surface area contributed by atoms with Crippen LogP contribution >= 0.6 is 0 Å². The molecule has 2 aromatic carbocycles. The maximum Gasteiger partial charge on any atom is 0.410 e. The Balaban J connectivity index is 1.28. The standard InChI is InChI=1S/C25H31N3O5/c1-32-21-9-7-19(8-10-21)17-28-18-25(33-24(28)31)12-15-27(16-13-25)14-11-22(26-23(29)30)20-5-3-2-4-6-20/h2-10,22,26H,11-18H2,1H3,(H,29,30)/t22-/m0/s1. The van der Waals surface area contributed by atoms with Gasteiger partial charge < -0.3 is 24.8 Å². The van der Waals surface area contributed by atoms with E-state index >= 15 is 0 Å². The predicted octanol–water partition coefficient (Wildman–Crippen LogP) is 3.88. The minimum atomic E-state index is -1.02. The molecule has 2 aromatic rings. The average Bonchev–Trinajstić information content (AvgIpc) is 3.12. The van der Waals surface area contributed by atoms with Crippen LogP contribution in [0.2, 0.25) is 0 Å². The molecular formula is C25H31N3O5. The lowest BCUT2D eigenvalue weighted by atomic mass is 9.91. The topological polar surface area (TPSA) is 91.3 Å². The van der Waals surface area contributed by atoms with E-state index in [-0.39, 0.29) is 12.1 Å². The first-order chi connectivity index (χ1) is 16.0. The fourth-order valence-electron chi connectivity index (χ4n) is 4.68. The zero-order chi connectivity index (χ0) is 23.3. The number of likely N-dealkylation sites (tertiary alicyclic amines) is 1. The molecule has 2 heterocycles. The monoisotopic (exact) mass is 453 g/mol. The summed E-state index contributed by atoms with van der Waals surface area (Å²) < 4.78 is 11.1. The van der Waals surface area contributed by atoms with Crippen molar-refractivity contribution in [2.24, 2.45) is 0 Å². The smallest absolute Gasteiger partial charge is 0.410 e. The highest BCUT2D eigenvalue weighted by Crippen LogP contribution is 2.34. The van der Waals surface area contributed by atoms with Crippen molar-refractivity contribution in [3.05, 3.63) is 65.7 Å². The molecule has 0 aromatic heterocycles. The van der Waals surface area contributed by atoms with Crippen molar-refractivity contribution in [1.82, 2.24) is 15.1 Å². The Bertz CT molecular complexity index is 942. The first kappa shape index (κ1) is 22.9. The molecule has 33 heavy (non-hydrogen) atoms. The van der Waals surface area contributed by atoms with E-state index in [9.17, 15) is 14.7 Å². The van der Waals surface area contributed by atoms with Crippen molar-refractivity contribution < 1.29 is 24.2 Å². The van der Waals surface area contributed by atoms with Crippen LogP contribution in [0.5, 0.6) is 5.75 Å². The van der Waals surface area contributed by atoms with E-state index in [2.05, 4.69) is 10.2 Å². The van der Waals surface area contributed by atoms with Gasteiger partial charge in [0.25, 0.3) is 0 Å². The van der Waals surface area contributed by atoms with Crippen molar-refractivity contribution in [2.45, 2.75) is 37.5 Å². The van der Waals surface area contributed by atoms with Crippen molar-refractivity contribution in [3.63, 3.8) is 0 Å². The number of hydrogen-bond donors (Lipinski definition) is 2. The number of benzene rings is 2. The Morgan fingerprint density at radius 2 is 1.85 bits per heavy atom. The maximum absolute atomic E-state index is 12.5. The highest BCUT2D eigenvalue weighted by Gasteiger charge is 2.46. The first-order valence-electron chi connectivity index (χ1n) is 11.3. The third-order valence-corrected chi connectivity index (χ3v) is 6.57. The third kappa shape index (κ3) is 5.76. The van der Waals surface area contributed by atoms with E-state index in [0.29, 0.717) is 19.5 Å². The fourth-order valence-corrected chi connectivity index (χ4v) is 4.68. The van der Waals surface area contributed by atoms with Gasteiger partial charge in [-0.15, -0.1) is 0 Å². The molecule has 176 valence electrons. The second-order valence-electron chi connectivity index (χ2n) is 8.80. The molecule has 2 amide bonds. The number of carbonyl (C=O) groups excluding carboxylic acids is 1. The quantitative estimate of drug-likeness (QED) is 0.630. The minimum Gasteiger partial charge on any atom is -0.497 e. The Hall–Kier alpha value is -3.26. The molecule has 0 radical (unpaired) electrons. The second kappa shape index (κ2) is 10.1. The summed E-state index contributed by atoms with van der Waals surface area (Å²) in [6.07, 6.45) is 0.970. The molecule has 2 saturated heterocycles. The van der Waals surface area contributed by atoms with Gasteiger partial charge in [0.2, 0.25) is 0 Å². The van der Waals surface area contributed by atoms with Gasteiger partial charge in [-0.1, -0.05) is 42.5 Å². The molecule has 8 nitrogen and oxygen atoms in total.